The van der Waals surface area contributed by atoms with Crippen molar-refractivity contribution in [2.75, 3.05) is 18.0 Å². The van der Waals surface area contributed by atoms with E-state index in [4.69, 9.17) is 0 Å². The van der Waals surface area contributed by atoms with E-state index < -0.39 is 0 Å². The molecule has 2 aromatic rings. The molecule has 0 aliphatic heterocycles. The van der Waals surface area contributed by atoms with E-state index in [-0.39, 0.29) is 5.78 Å². The number of nitrogens with zero attached hydrogens (tertiary/aromatic N) is 1. The van der Waals surface area contributed by atoms with Crippen LogP contribution in [-0.4, -0.2) is 18.9 Å². The normalized spacial score (nSPS) is 10.9. The minimum Gasteiger partial charge on any atom is -0.372 e. The van der Waals surface area contributed by atoms with Gasteiger partial charge in [-0.25, -0.2) is 0 Å². The van der Waals surface area contributed by atoms with Crippen molar-refractivity contribution >= 4 is 17.5 Å². The second-order valence-electron chi connectivity index (χ2n) is 5.28. The molecule has 0 N–H and O–H groups in total. The molecule has 2 nitrogen and oxygen atoms in total. The molecule has 0 aliphatic carbocycles. The zero-order valence-corrected chi connectivity index (χ0v) is 13.5. The molecule has 22 heavy (non-hydrogen) atoms. The van der Waals surface area contributed by atoms with Crippen LogP contribution in [0.15, 0.2) is 54.6 Å². The summed E-state index contributed by atoms with van der Waals surface area (Å²) in [7, 11) is 0. The van der Waals surface area contributed by atoms with Gasteiger partial charge in [-0.1, -0.05) is 36.4 Å². The van der Waals surface area contributed by atoms with Crippen LogP contribution in [0.3, 0.4) is 0 Å². The first-order chi connectivity index (χ1) is 10.7. The Morgan fingerprint density at radius 1 is 1.05 bits per heavy atom. The van der Waals surface area contributed by atoms with Crippen molar-refractivity contribution in [2.45, 2.75) is 20.8 Å². The zero-order valence-electron chi connectivity index (χ0n) is 13.5. The van der Waals surface area contributed by atoms with Crippen molar-refractivity contribution in [2.24, 2.45) is 0 Å². The van der Waals surface area contributed by atoms with Gasteiger partial charge in [-0.05, 0) is 56.2 Å². The number of ketones is 1. The third kappa shape index (κ3) is 3.85. The lowest BCUT2D eigenvalue weighted by molar-refractivity contribution is 0.104. The van der Waals surface area contributed by atoms with Crippen molar-refractivity contribution in [3.8, 4) is 0 Å². The van der Waals surface area contributed by atoms with Crippen LogP contribution in [0.5, 0.6) is 0 Å². The van der Waals surface area contributed by atoms with Crippen molar-refractivity contribution < 1.29 is 4.79 Å². The first-order valence-electron chi connectivity index (χ1n) is 7.78. The molecule has 0 aliphatic rings. The van der Waals surface area contributed by atoms with E-state index in [0.29, 0.717) is 0 Å². The van der Waals surface area contributed by atoms with Gasteiger partial charge in [0, 0.05) is 24.3 Å². The molecule has 2 rings (SSSR count). The summed E-state index contributed by atoms with van der Waals surface area (Å²) in [5, 5.41) is 0. The first kappa shape index (κ1) is 16.0. The zero-order chi connectivity index (χ0) is 15.9. The number of carbonyl (C=O) groups is 1. The van der Waals surface area contributed by atoms with Gasteiger partial charge in [-0.15, -0.1) is 0 Å². The molecule has 0 fully saturated rings. The maximum Gasteiger partial charge on any atom is 0.186 e. The number of hydrogen-bond acceptors (Lipinski definition) is 2. The molecule has 0 amide bonds. The molecule has 0 bridgehead atoms. The van der Waals surface area contributed by atoms with Gasteiger partial charge >= 0.3 is 0 Å². The monoisotopic (exact) mass is 293 g/mol. The molecule has 0 unspecified atom stereocenters. The van der Waals surface area contributed by atoms with Gasteiger partial charge in [0.1, 0.15) is 0 Å². The van der Waals surface area contributed by atoms with Crippen LogP contribution >= 0.6 is 0 Å². The topological polar surface area (TPSA) is 20.3 Å². The van der Waals surface area contributed by atoms with E-state index in [9.17, 15) is 4.79 Å². The molecule has 0 aromatic heterocycles. The van der Waals surface area contributed by atoms with Crippen molar-refractivity contribution in [3.63, 3.8) is 0 Å². The third-order valence-electron chi connectivity index (χ3n) is 3.83. The molecule has 0 saturated carbocycles. The highest BCUT2D eigenvalue weighted by Crippen LogP contribution is 2.20. The Morgan fingerprint density at radius 2 is 1.73 bits per heavy atom. The highest BCUT2D eigenvalue weighted by Gasteiger charge is 2.09. The summed E-state index contributed by atoms with van der Waals surface area (Å²) in [5.41, 5.74) is 3.99. The van der Waals surface area contributed by atoms with Crippen LogP contribution in [0.1, 0.15) is 35.3 Å². The fourth-order valence-electron chi connectivity index (χ4n) is 2.54. The van der Waals surface area contributed by atoms with E-state index in [1.807, 2.05) is 55.5 Å². The number of anilines is 1. The van der Waals surface area contributed by atoms with E-state index in [1.165, 1.54) is 5.69 Å². The largest absolute Gasteiger partial charge is 0.372 e. The SMILES string of the molecule is CCN(CC)c1ccc(C(=O)C=Cc2ccccc2)c(C)c1. The van der Waals surface area contributed by atoms with E-state index in [2.05, 4.69) is 24.8 Å². The van der Waals surface area contributed by atoms with E-state index >= 15 is 0 Å². The minimum atomic E-state index is 0.0486. The average molecular weight is 293 g/mol. The summed E-state index contributed by atoms with van der Waals surface area (Å²) >= 11 is 0. The molecule has 2 heteroatoms. The van der Waals surface area contributed by atoms with Crippen LogP contribution in [0, 0.1) is 6.92 Å². The first-order valence-corrected chi connectivity index (χ1v) is 7.78. The second kappa shape index (κ2) is 7.60. The highest BCUT2D eigenvalue weighted by molar-refractivity contribution is 6.08. The molecule has 0 heterocycles. The smallest absolute Gasteiger partial charge is 0.186 e. The van der Waals surface area contributed by atoms with Crippen LogP contribution in [0.4, 0.5) is 5.69 Å². The number of allylic oxidation sites excluding steroid dienone is 1. The van der Waals surface area contributed by atoms with E-state index in [1.54, 1.807) is 6.08 Å². The second-order valence-corrected chi connectivity index (χ2v) is 5.28. The Labute approximate surface area is 133 Å². The van der Waals surface area contributed by atoms with Crippen LogP contribution in [-0.2, 0) is 0 Å². The maximum atomic E-state index is 12.4. The predicted octanol–water partition coefficient (Wildman–Crippen LogP) is 4.74. The Bertz CT molecular complexity index is 655. The summed E-state index contributed by atoms with van der Waals surface area (Å²) < 4.78 is 0. The molecule has 0 saturated heterocycles. The van der Waals surface area contributed by atoms with Crippen LogP contribution in [0.2, 0.25) is 0 Å². The number of rotatable bonds is 6. The number of benzene rings is 2. The lowest BCUT2D eigenvalue weighted by Gasteiger charge is -2.21. The third-order valence-corrected chi connectivity index (χ3v) is 3.83. The molecule has 114 valence electrons. The Morgan fingerprint density at radius 3 is 2.32 bits per heavy atom. The van der Waals surface area contributed by atoms with Crippen molar-refractivity contribution in [1.82, 2.24) is 0 Å². The quantitative estimate of drug-likeness (QED) is 0.566. The van der Waals surface area contributed by atoms with Gasteiger partial charge in [0.2, 0.25) is 0 Å². The fraction of sp³-hybridized carbons (Fsp3) is 0.250. The van der Waals surface area contributed by atoms with Gasteiger partial charge in [0.15, 0.2) is 5.78 Å². The molecular formula is C20H23NO. The average Bonchev–Trinajstić information content (AvgIpc) is 2.55. The lowest BCUT2D eigenvalue weighted by Crippen LogP contribution is -2.21. The fourth-order valence-corrected chi connectivity index (χ4v) is 2.54. The number of aryl methyl sites for hydroxylation is 1. The summed E-state index contributed by atoms with van der Waals surface area (Å²) in [6, 6.07) is 15.9. The maximum absolute atomic E-state index is 12.4. The van der Waals surface area contributed by atoms with Crippen molar-refractivity contribution in [1.29, 1.82) is 0 Å². The highest BCUT2D eigenvalue weighted by atomic mass is 16.1. The Balaban J connectivity index is 2.18. The van der Waals surface area contributed by atoms with Gasteiger partial charge in [-0.3, -0.25) is 4.79 Å². The summed E-state index contributed by atoms with van der Waals surface area (Å²) in [6.45, 7) is 8.21. The summed E-state index contributed by atoms with van der Waals surface area (Å²) in [4.78, 5) is 14.6. The predicted molar refractivity (Wildman–Crippen MR) is 94.5 cm³/mol. The molecule has 2 aromatic carbocycles. The van der Waals surface area contributed by atoms with Gasteiger partial charge in [0.05, 0.1) is 0 Å². The minimum absolute atomic E-state index is 0.0486. The van der Waals surface area contributed by atoms with Crippen molar-refractivity contribution in [3.05, 3.63) is 71.3 Å². The lowest BCUT2D eigenvalue weighted by atomic mass is 10.0. The summed E-state index contributed by atoms with van der Waals surface area (Å²) in [6.07, 6.45) is 3.51. The van der Waals surface area contributed by atoms with Crippen LogP contribution in [0.25, 0.3) is 6.08 Å². The molecular weight excluding hydrogens is 270 g/mol. The standard InChI is InChI=1S/C20H23NO/c1-4-21(5-2)18-12-13-19(16(3)15-18)20(22)14-11-17-9-7-6-8-10-17/h6-15H,4-5H2,1-3H3. The molecule has 0 atom stereocenters. The van der Waals surface area contributed by atoms with Gasteiger partial charge in [0.25, 0.3) is 0 Å². The van der Waals surface area contributed by atoms with E-state index in [0.717, 1.165) is 29.8 Å². The van der Waals surface area contributed by atoms with Gasteiger partial charge in [-0.2, -0.15) is 0 Å². The van der Waals surface area contributed by atoms with Crippen LogP contribution < -0.4 is 4.90 Å². The molecule has 0 spiro atoms. The summed E-state index contributed by atoms with van der Waals surface area (Å²) in [5.74, 6) is 0.0486. The number of carbonyl (C=O) groups excluding carboxylic acids is 1. The molecule has 0 radical (unpaired) electrons. The Kier molecular flexibility index (Phi) is 5.54. The Hall–Kier alpha value is -2.35. The van der Waals surface area contributed by atoms with Gasteiger partial charge < -0.3 is 4.90 Å². The number of hydrogen-bond donors (Lipinski definition) is 0.